The molecule has 0 bridgehead atoms. The lowest BCUT2D eigenvalue weighted by Gasteiger charge is -2.31. The molecule has 2 amide bonds. The van der Waals surface area contributed by atoms with E-state index >= 15 is 0 Å². The molecule has 0 spiro atoms. The highest BCUT2D eigenvalue weighted by atomic mass is 19.4. The fourth-order valence-corrected chi connectivity index (χ4v) is 6.56. The monoisotopic (exact) mass is 617 g/mol. The average Bonchev–Trinajstić information content (AvgIpc) is 3.51. The third-order valence-corrected chi connectivity index (χ3v) is 8.59. The first kappa shape index (κ1) is 31.6. The van der Waals surface area contributed by atoms with E-state index in [2.05, 4.69) is 10.2 Å². The largest absolute Gasteiger partial charge is 0.416 e. The molecule has 0 radical (unpaired) electrons. The second-order valence-corrected chi connectivity index (χ2v) is 12.0. The number of anilines is 2. The summed E-state index contributed by atoms with van der Waals surface area (Å²) >= 11 is 0. The molecule has 1 N–H and O–H groups in total. The van der Waals surface area contributed by atoms with Crippen LogP contribution in [0.4, 0.5) is 37.7 Å². The van der Waals surface area contributed by atoms with Crippen molar-refractivity contribution < 1.29 is 35.9 Å². The molecule has 2 saturated heterocycles. The zero-order valence-corrected chi connectivity index (χ0v) is 24.4. The Kier molecular flexibility index (Phi) is 8.54. The van der Waals surface area contributed by atoms with Crippen molar-refractivity contribution >= 4 is 23.2 Å². The van der Waals surface area contributed by atoms with Crippen LogP contribution in [-0.4, -0.2) is 36.3 Å². The highest BCUT2D eigenvalue weighted by Gasteiger charge is 2.51. The van der Waals surface area contributed by atoms with Gasteiger partial charge < -0.3 is 10.2 Å². The summed E-state index contributed by atoms with van der Waals surface area (Å²) in [5.74, 6) is -1.10. The molecule has 5 rings (SSSR count). The van der Waals surface area contributed by atoms with Crippen LogP contribution >= 0.6 is 0 Å². The molecule has 2 unspecified atom stereocenters. The van der Waals surface area contributed by atoms with Crippen molar-refractivity contribution in [2.24, 2.45) is 11.3 Å². The van der Waals surface area contributed by atoms with Crippen LogP contribution in [0.1, 0.15) is 47.1 Å². The Morgan fingerprint density at radius 1 is 0.909 bits per heavy atom. The third-order valence-electron chi connectivity index (χ3n) is 8.59. The number of carbonyl (C=O) groups is 2. The standard InChI is InChI=1S/C33H33F6N3O2/c1-21-7-6-8-22(2)29(21)42-20-31(17-28(42)43,16-24-11-12-41(19-24)18-23-9-4-3-5-10-23)30(44)40-27-14-25(32(34,35)36)13-26(15-27)33(37,38)39/h3-10,13-15,24H,11-12,16-20H2,1-2H3,(H,40,44). The van der Waals surface area contributed by atoms with Crippen molar-refractivity contribution in [3.8, 4) is 0 Å². The van der Waals surface area contributed by atoms with Gasteiger partial charge in [0.15, 0.2) is 0 Å². The first-order valence-electron chi connectivity index (χ1n) is 14.4. The summed E-state index contributed by atoms with van der Waals surface area (Å²) in [4.78, 5) is 31.4. The number of alkyl halides is 6. The topological polar surface area (TPSA) is 52.6 Å². The van der Waals surface area contributed by atoms with Gasteiger partial charge in [0.25, 0.3) is 0 Å². The van der Waals surface area contributed by atoms with E-state index in [1.54, 1.807) is 0 Å². The van der Waals surface area contributed by atoms with E-state index in [0.29, 0.717) is 30.9 Å². The van der Waals surface area contributed by atoms with Crippen LogP contribution in [0.2, 0.25) is 0 Å². The summed E-state index contributed by atoms with van der Waals surface area (Å²) in [5, 5.41) is 2.37. The summed E-state index contributed by atoms with van der Waals surface area (Å²) in [6.07, 6.45) is -9.35. The van der Waals surface area contributed by atoms with E-state index < -0.39 is 40.5 Å². The SMILES string of the molecule is Cc1cccc(C)c1N1CC(CC2CCN(Cc3ccccc3)C2)(C(=O)Nc2cc(C(F)(F)F)cc(C(F)(F)F)c2)CC1=O. The summed E-state index contributed by atoms with van der Waals surface area (Å²) < 4.78 is 81.3. The van der Waals surface area contributed by atoms with Gasteiger partial charge >= 0.3 is 12.4 Å². The minimum absolute atomic E-state index is 0.0116. The Morgan fingerprint density at radius 2 is 1.52 bits per heavy atom. The zero-order valence-electron chi connectivity index (χ0n) is 24.4. The van der Waals surface area contributed by atoms with Gasteiger partial charge in [-0.15, -0.1) is 0 Å². The lowest BCUT2D eigenvalue weighted by Crippen LogP contribution is -2.41. The number of halogens is 6. The van der Waals surface area contributed by atoms with E-state index in [1.165, 1.54) is 4.90 Å². The molecule has 2 atom stereocenters. The Bertz CT molecular complexity index is 1490. The van der Waals surface area contributed by atoms with Gasteiger partial charge in [-0.1, -0.05) is 48.5 Å². The third kappa shape index (κ3) is 6.77. The van der Waals surface area contributed by atoms with Gasteiger partial charge in [-0.25, -0.2) is 0 Å². The number of nitrogens with zero attached hydrogens (tertiary/aromatic N) is 2. The minimum atomic E-state index is -5.06. The maximum absolute atomic E-state index is 14.0. The normalized spacial score (nSPS) is 21.2. The number of hydrogen-bond acceptors (Lipinski definition) is 3. The predicted octanol–water partition coefficient (Wildman–Crippen LogP) is 7.62. The molecule has 2 heterocycles. The van der Waals surface area contributed by atoms with Gasteiger partial charge in [-0.05, 0) is 74.0 Å². The number of para-hydroxylation sites is 1. The van der Waals surface area contributed by atoms with Crippen LogP contribution < -0.4 is 10.2 Å². The average molecular weight is 618 g/mol. The van der Waals surface area contributed by atoms with E-state index in [4.69, 9.17) is 0 Å². The van der Waals surface area contributed by atoms with Crippen LogP contribution in [-0.2, 0) is 28.5 Å². The molecule has 0 saturated carbocycles. The molecule has 2 aliphatic heterocycles. The maximum atomic E-state index is 14.0. The van der Waals surface area contributed by atoms with Gasteiger partial charge in [0.2, 0.25) is 11.8 Å². The van der Waals surface area contributed by atoms with E-state index in [0.717, 1.165) is 29.7 Å². The molecule has 3 aromatic carbocycles. The number of nitrogens with one attached hydrogen (secondary N) is 1. The predicted molar refractivity (Wildman–Crippen MR) is 155 cm³/mol. The van der Waals surface area contributed by atoms with Crippen LogP contribution in [0.25, 0.3) is 0 Å². The molecule has 11 heteroatoms. The second kappa shape index (κ2) is 11.9. The molecule has 0 aromatic heterocycles. The van der Waals surface area contributed by atoms with Crippen molar-refractivity contribution in [2.45, 2.75) is 52.0 Å². The van der Waals surface area contributed by atoms with Crippen LogP contribution in [0.15, 0.2) is 66.7 Å². The molecule has 2 aliphatic rings. The van der Waals surface area contributed by atoms with Crippen LogP contribution in [0.5, 0.6) is 0 Å². The van der Waals surface area contributed by atoms with Gasteiger partial charge in [-0.3, -0.25) is 14.5 Å². The molecule has 234 valence electrons. The number of benzene rings is 3. The molecule has 0 aliphatic carbocycles. The summed E-state index contributed by atoms with van der Waals surface area (Å²) in [6, 6.07) is 16.4. The Morgan fingerprint density at radius 3 is 2.11 bits per heavy atom. The number of hydrogen-bond donors (Lipinski definition) is 1. The van der Waals surface area contributed by atoms with Crippen molar-refractivity contribution in [3.05, 3.63) is 94.5 Å². The lowest BCUT2D eigenvalue weighted by atomic mass is 9.77. The molecule has 2 fully saturated rings. The number of rotatable bonds is 7. The zero-order chi connectivity index (χ0) is 31.9. The van der Waals surface area contributed by atoms with Crippen molar-refractivity contribution in [3.63, 3.8) is 0 Å². The van der Waals surface area contributed by atoms with Gasteiger partial charge in [0, 0.05) is 37.4 Å². The first-order valence-corrected chi connectivity index (χ1v) is 14.4. The quantitative estimate of drug-likeness (QED) is 0.278. The maximum Gasteiger partial charge on any atom is 0.416 e. The Labute approximate surface area is 251 Å². The Hall–Kier alpha value is -3.86. The summed E-state index contributed by atoms with van der Waals surface area (Å²) in [5.41, 5.74) is -1.62. The smallest absolute Gasteiger partial charge is 0.326 e. The lowest BCUT2D eigenvalue weighted by molar-refractivity contribution is -0.143. The first-order chi connectivity index (χ1) is 20.6. The van der Waals surface area contributed by atoms with Crippen molar-refractivity contribution in [1.82, 2.24) is 4.90 Å². The molecular weight excluding hydrogens is 584 g/mol. The highest BCUT2D eigenvalue weighted by Crippen LogP contribution is 2.45. The number of amides is 2. The van der Waals surface area contributed by atoms with Crippen molar-refractivity contribution in [1.29, 1.82) is 0 Å². The number of aryl methyl sites for hydroxylation is 2. The fourth-order valence-electron chi connectivity index (χ4n) is 6.56. The highest BCUT2D eigenvalue weighted by molar-refractivity contribution is 6.06. The van der Waals surface area contributed by atoms with Gasteiger partial charge in [0.1, 0.15) is 0 Å². The van der Waals surface area contributed by atoms with E-state index in [1.807, 2.05) is 62.4 Å². The molecule has 3 aromatic rings. The number of likely N-dealkylation sites (tertiary alicyclic amines) is 1. The second-order valence-electron chi connectivity index (χ2n) is 12.0. The number of carbonyl (C=O) groups excluding carboxylic acids is 2. The van der Waals surface area contributed by atoms with E-state index in [9.17, 15) is 35.9 Å². The van der Waals surface area contributed by atoms with Crippen LogP contribution in [0.3, 0.4) is 0 Å². The minimum Gasteiger partial charge on any atom is -0.326 e. The fraction of sp³-hybridized carbons (Fsp3) is 0.394. The van der Waals surface area contributed by atoms with Gasteiger partial charge in [0.05, 0.1) is 16.5 Å². The van der Waals surface area contributed by atoms with Crippen LogP contribution in [0, 0.1) is 25.2 Å². The summed E-state index contributed by atoms with van der Waals surface area (Å²) in [6.45, 7) is 5.75. The molecule has 44 heavy (non-hydrogen) atoms. The molecular formula is C33H33F6N3O2. The van der Waals surface area contributed by atoms with E-state index in [-0.39, 0.29) is 37.3 Å². The Balaban J connectivity index is 1.46. The molecule has 5 nitrogen and oxygen atoms in total. The van der Waals surface area contributed by atoms with Crippen molar-refractivity contribution in [2.75, 3.05) is 29.9 Å². The van der Waals surface area contributed by atoms with Gasteiger partial charge in [-0.2, -0.15) is 26.3 Å². The summed E-state index contributed by atoms with van der Waals surface area (Å²) in [7, 11) is 0.